The molecule has 0 unspecified atom stereocenters. The molecule has 135 heavy (non-hydrogen) atoms. The smallest absolute Gasteiger partial charge is 0.169 e. The largest absolute Gasteiger partial charge is 0.508 e. The first kappa shape index (κ1) is 99.2. The van der Waals surface area contributed by atoms with Crippen LogP contribution in [0.4, 0.5) is 0 Å². The molecule has 12 N–H and O–H groups in total. The molecule has 0 saturated heterocycles. The maximum absolute atomic E-state index is 9.46. The Hall–Kier alpha value is -18.0. The Kier molecular flexibility index (Phi) is 38.5. The number of ether oxygens (including phenoxy) is 9. The zero-order valence-electron chi connectivity index (χ0n) is 73.2. The minimum Gasteiger partial charge on any atom is -0.508 e. The second-order valence-corrected chi connectivity index (χ2v) is 29.0. The fourth-order valence-electron chi connectivity index (χ4n) is 10.2. The van der Waals surface area contributed by atoms with E-state index in [0.717, 1.165) is 22.8 Å². The van der Waals surface area contributed by atoms with E-state index in [9.17, 15) is 10.2 Å². The molecule has 9 heterocycles. The van der Waals surface area contributed by atoms with Crippen LogP contribution < -0.4 is 90.5 Å². The lowest BCUT2D eigenvalue weighted by molar-refractivity contribution is 0.396. The number of aryl methyl sites for hydroxylation is 3. The van der Waals surface area contributed by atoms with Crippen molar-refractivity contribution in [2.45, 2.75) is 20.8 Å². The number of para-hydroxylation sites is 4. The van der Waals surface area contributed by atoms with Gasteiger partial charge in [0.25, 0.3) is 0 Å². The van der Waals surface area contributed by atoms with Crippen LogP contribution in [0.2, 0.25) is 15.1 Å². The molecule has 0 bridgehead atoms. The maximum atomic E-state index is 9.46. The van der Waals surface area contributed by atoms with Crippen LogP contribution in [0.5, 0.6) is 69.0 Å². The number of benzene rings is 9. The molecule has 0 fully saturated rings. The van der Waals surface area contributed by atoms with E-state index in [2.05, 4.69) is 152 Å². The maximum Gasteiger partial charge on any atom is 0.169 e. The van der Waals surface area contributed by atoms with Gasteiger partial charge < -0.3 is 106 Å². The Labute approximate surface area is 795 Å². The lowest BCUT2D eigenvalue weighted by Crippen LogP contribution is -2.12. The van der Waals surface area contributed by atoms with Crippen molar-refractivity contribution in [1.29, 1.82) is 0 Å². The normalized spacial score (nSPS) is 14.4. The van der Waals surface area contributed by atoms with Crippen molar-refractivity contribution in [3.05, 3.63) is 469 Å². The first-order valence-corrected chi connectivity index (χ1v) is 41.5. The zero-order valence-corrected chi connectivity index (χ0v) is 75.5. The van der Waals surface area contributed by atoms with Gasteiger partial charge >= 0.3 is 0 Å². The lowest BCUT2D eigenvalue weighted by atomic mass is 10.2. The molecular weight excluding hydrogens is 1780 g/mol. The van der Waals surface area contributed by atoms with E-state index in [1.807, 2.05) is 118 Å². The molecule has 33 heteroatoms. The highest BCUT2D eigenvalue weighted by Crippen LogP contribution is 2.30. The summed E-state index contributed by atoms with van der Waals surface area (Å²) >= 11 is 17.5. The molecule has 0 spiro atoms. The number of phenols is 3. The summed E-state index contributed by atoms with van der Waals surface area (Å²) in [5, 5.41) is 55.3. The van der Waals surface area contributed by atoms with Gasteiger partial charge in [0.2, 0.25) is 0 Å². The van der Waals surface area contributed by atoms with Crippen molar-refractivity contribution in [2.75, 3.05) is 0 Å². The summed E-state index contributed by atoms with van der Waals surface area (Å²) in [6.45, 7) is 38.8. The number of aliphatic imine (C=N–C) groups is 9. The van der Waals surface area contributed by atoms with Crippen LogP contribution in [-0.4, -0.2) is 71.3 Å². The summed E-state index contributed by atoms with van der Waals surface area (Å²) < 4.78 is 49.6. The molecule has 0 aliphatic carbocycles. The van der Waals surface area contributed by atoms with Gasteiger partial charge in [-0.25, -0.2) is 44.9 Å². The summed E-state index contributed by atoms with van der Waals surface area (Å²) in [4.78, 5) is 35.8. The standard InChI is InChI=1S/3C12H12N2O.3C11H9ClN2O.3C11H10N2O2/c1-9-3-5-11(6-4-9)15-12-7-13-10(2)14-8-12;1-9-4-3-5-11(6-9)15-12-7-13-10(2)14-8-12;1-9-5-3-4-6-12(9)15-11-7-13-10(2)14-8-11;1-8-13-6-11(7-14-8)15-10-4-2-9(12)3-5-10;1-8-13-6-11(7-14-8)15-10-4-2-3-9(12)5-10;1-8-13-6-9(7-14-8)15-11-5-3-2-4-10(11)12;1-8-12-6-11(7-13-8)15-10-4-2-9(14)3-5-10;1-8-12-6-11(7-13-8)15-10-4-2-3-9(14)5-10;1-8-12-6-9(7-13-8)15-11-5-3-2-4-10(11)14/h3*3-8,13H,2H2,1H3;3*2-7,13H,1H2;3*2-7,12,14H,1H2. The van der Waals surface area contributed by atoms with E-state index in [1.54, 1.807) is 221 Å². The number of halogens is 3. The molecule has 0 saturated carbocycles. The lowest BCUT2D eigenvalue weighted by Gasteiger charge is -2.12. The van der Waals surface area contributed by atoms with E-state index in [1.165, 1.54) is 23.4 Å². The summed E-state index contributed by atoms with van der Waals surface area (Å²) in [7, 11) is 0. The van der Waals surface area contributed by atoms with Gasteiger partial charge in [-0.05, 0) is 165 Å². The quantitative estimate of drug-likeness (QED) is 0.0380. The van der Waals surface area contributed by atoms with Crippen LogP contribution in [0.15, 0.2) is 483 Å². The fraction of sp³-hybridized carbons (Fsp3) is 0.0294. The summed E-state index contributed by atoms with van der Waals surface area (Å²) in [5.41, 5.74) is 3.47. The number of nitrogens with one attached hydrogen (secondary N) is 9. The first-order valence-electron chi connectivity index (χ1n) is 40.4. The molecule has 0 aromatic heterocycles. The number of phenolic OH excluding ortho intramolecular Hbond substituents is 3. The van der Waals surface area contributed by atoms with Gasteiger partial charge in [0, 0.05) is 71.9 Å². The minimum absolute atomic E-state index is 0.0937. The van der Waals surface area contributed by atoms with Crippen molar-refractivity contribution in [1.82, 2.24) is 47.9 Å². The Morgan fingerprint density at radius 1 is 0.230 bits per heavy atom. The molecule has 0 atom stereocenters. The predicted octanol–water partition coefficient (Wildman–Crippen LogP) is 20.5. The predicted molar refractivity (Wildman–Crippen MR) is 538 cm³/mol. The second-order valence-electron chi connectivity index (χ2n) is 27.7. The number of rotatable bonds is 18. The van der Waals surface area contributed by atoms with Gasteiger partial charge in [-0.15, -0.1) is 0 Å². The van der Waals surface area contributed by atoms with E-state index in [-0.39, 0.29) is 17.2 Å². The summed E-state index contributed by atoms with van der Waals surface area (Å²) in [5.74, 6) is 17.3. The average molecular weight is 1870 g/mol. The zero-order chi connectivity index (χ0) is 96.1. The molecule has 9 aliphatic rings. The van der Waals surface area contributed by atoms with Gasteiger partial charge in [-0.3, -0.25) is 0 Å². The third-order valence-corrected chi connectivity index (χ3v) is 17.5. The Balaban J connectivity index is 0.000000157. The van der Waals surface area contributed by atoms with Crippen LogP contribution in [0.3, 0.4) is 0 Å². The molecule has 9 aromatic rings. The molecule has 9 aromatic carbocycles. The SMILES string of the molecule is C=C1N=CC(Oc2ccc(C)cc2)=CN1.C=C1N=CC(Oc2ccc(Cl)cc2)=CN1.C=C1N=CC(Oc2ccc(O)cc2)=CN1.C=C1N=CC(Oc2cccc(C)c2)=CN1.C=C1N=CC(Oc2cccc(Cl)c2)=CN1.C=C1N=CC(Oc2cccc(O)c2)=CN1.C=C1N=CC(Oc2ccccc2C)=CN1.C=C1N=CC(Oc2ccccc2Cl)=CN1.C=C1N=CC(Oc2ccccc2O)=CN1. The van der Waals surface area contributed by atoms with Crippen molar-refractivity contribution in [3.63, 3.8) is 0 Å². The average Bonchev–Trinajstić information content (AvgIpc) is 0.915. The molecular formula is C102H93Cl3N18O12. The Morgan fingerprint density at radius 3 is 0.859 bits per heavy atom. The number of nitrogens with zero attached hydrogens (tertiary/aromatic N) is 9. The molecule has 0 amide bonds. The van der Waals surface area contributed by atoms with Gasteiger partial charge in [0.05, 0.1) is 61.0 Å². The third kappa shape index (κ3) is 37.3. The van der Waals surface area contributed by atoms with E-state index >= 15 is 0 Å². The van der Waals surface area contributed by atoms with Gasteiger partial charge in [0.1, 0.15) is 110 Å². The van der Waals surface area contributed by atoms with Crippen LogP contribution in [0, 0.1) is 20.8 Å². The van der Waals surface area contributed by atoms with Crippen LogP contribution in [0.25, 0.3) is 0 Å². The van der Waals surface area contributed by atoms with Crippen molar-refractivity contribution < 1.29 is 58.0 Å². The van der Waals surface area contributed by atoms with Crippen LogP contribution >= 0.6 is 34.8 Å². The van der Waals surface area contributed by atoms with Crippen LogP contribution in [-0.2, 0) is 0 Å². The molecule has 0 radical (unpaired) electrons. The third-order valence-electron chi connectivity index (χ3n) is 16.7. The monoisotopic (exact) mass is 1870 g/mol. The number of hydrogen-bond donors (Lipinski definition) is 12. The van der Waals surface area contributed by atoms with E-state index in [4.69, 9.17) is 82.5 Å². The number of allylic oxidation sites excluding steroid dienone is 9. The number of aromatic hydroxyl groups is 3. The Morgan fingerprint density at radius 2 is 0.519 bits per heavy atom. The molecule has 684 valence electrons. The van der Waals surface area contributed by atoms with Crippen molar-refractivity contribution >= 4 is 90.7 Å². The van der Waals surface area contributed by atoms with Crippen LogP contribution in [0.1, 0.15) is 16.7 Å². The highest BCUT2D eigenvalue weighted by atomic mass is 35.5. The highest BCUT2D eigenvalue weighted by molar-refractivity contribution is 6.32. The summed E-state index contributed by atoms with van der Waals surface area (Å²) in [6, 6.07) is 64.9. The van der Waals surface area contributed by atoms with Gasteiger partial charge in [0.15, 0.2) is 63.3 Å². The molecule has 18 rings (SSSR count). The van der Waals surface area contributed by atoms with E-state index in [0.29, 0.717) is 154 Å². The Bertz CT molecular complexity index is 5830. The minimum atomic E-state index is 0.0937. The van der Waals surface area contributed by atoms with Gasteiger partial charge in [-0.2, -0.15) is 0 Å². The van der Waals surface area contributed by atoms with Gasteiger partial charge in [-0.1, -0.05) is 178 Å². The summed E-state index contributed by atoms with van der Waals surface area (Å²) in [6.07, 6.45) is 29.6. The topological polar surface area (TPSA) is 363 Å². The number of hydrogen-bond acceptors (Lipinski definition) is 30. The second kappa shape index (κ2) is 52.5. The highest BCUT2D eigenvalue weighted by Gasteiger charge is 2.13. The molecule has 30 nitrogen and oxygen atoms in total. The van der Waals surface area contributed by atoms with Crippen molar-refractivity contribution in [2.24, 2.45) is 44.9 Å². The molecule has 9 aliphatic heterocycles. The fourth-order valence-corrected chi connectivity index (χ4v) is 10.6. The first-order chi connectivity index (χ1) is 65.2. The van der Waals surface area contributed by atoms with Crippen molar-refractivity contribution in [3.8, 4) is 69.0 Å². The van der Waals surface area contributed by atoms with E-state index < -0.39 is 0 Å².